The summed E-state index contributed by atoms with van der Waals surface area (Å²) in [5.41, 5.74) is 1.96. The van der Waals surface area contributed by atoms with Crippen LogP contribution in [0.4, 0.5) is 0 Å². The number of aromatic nitrogens is 2. The van der Waals surface area contributed by atoms with Gasteiger partial charge < -0.3 is 15.0 Å². The van der Waals surface area contributed by atoms with E-state index >= 15 is 0 Å². The van der Waals surface area contributed by atoms with E-state index in [0.29, 0.717) is 6.54 Å². The van der Waals surface area contributed by atoms with E-state index in [9.17, 15) is 9.59 Å². The van der Waals surface area contributed by atoms with Gasteiger partial charge in [-0.2, -0.15) is 0 Å². The van der Waals surface area contributed by atoms with Crippen molar-refractivity contribution in [3.8, 4) is 0 Å². The highest BCUT2D eigenvalue weighted by Gasteiger charge is 2.11. The Morgan fingerprint density at radius 3 is 2.76 bits per heavy atom. The van der Waals surface area contributed by atoms with E-state index in [-0.39, 0.29) is 18.7 Å². The van der Waals surface area contributed by atoms with Crippen LogP contribution in [-0.4, -0.2) is 45.4 Å². The number of carboxylic acids is 1. The number of aliphatic carboxylic acids is 1. The van der Waals surface area contributed by atoms with Crippen LogP contribution in [0.5, 0.6) is 0 Å². The second kappa shape index (κ2) is 6.88. The lowest BCUT2D eigenvalue weighted by molar-refractivity contribution is -0.140. The number of aryl methyl sites for hydroxylation is 1. The van der Waals surface area contributed by atoms with Crippen molar-refractivity contribution in [3.05, 3.63) is 30.1 Å². The molecule has 0 bridgehead atoms. The average Bonchev–Trinajstić information content (AvgIpc) is 2.87. The van der Waals surface area contributed by atoms with E-state index in [4.69, 9.17) is 5.11 Å². The fourth-order valence-electron chi connectivity index (χ4n) is 2.14. The maximum absolute atomic E-state index is 11.7. The van der Waals surface area contributed by atoms with Crippen molar-refractivity contribution in [2.24, 2.45) is 0 Å². The zero-order valence-corrected chi connectivity index (χ0v) is 12.0. The molecule has 0 aliphatic carbocycles. The number of carboxylic acid groups (broad SMARTS) is 1. The molecule has 21 heavy (non-hydrogen) atoms. The van der Waals surface area contributed by atoms with Gasteiger partial charge in [0.25, 0.3) is 0 Å². The van der Waals surface area contributed by atoms with E-state index < -0.39 is 5.97 Å². The van der Waals surface area contributed by atoms with Crippen molar-refractivity contribution in [1.82, 2.24) is 14.9 Å². The second-order valence-corrected chi connectivity index (χ2v) is 5.01. The summed E-state index contributed by atoms with van der Waals surface area (Å²) in [7, 11) is 1.70. The van der Waals surface area contributed by atoms with Crippen LogP contribution < -0.4 is 0 Å². The number of benzene rings is 1. The molecule has 1 heterocycles. The SMILES string of the molecule is CN(CCCc1nc2ccccc2[nH]1)C(=O)CCC(=O)O. The predicted octanol–water partition coefficient (Wildman–Crippen LogP) is 1.82. The number of carbonyl (C=O) groups is 2. The first-order chi connectivity index (χ1) is 10.1. The summed E-state index contributed by atoms with van der Waals surface area (Å²) >= 11 is 0. The Morgan fingerprint density at radius 2 is 2.05 bits per heavy atom. The van der Waals surface area contributed by atoms with Crippen LogP contribution >= 0.6 is 0 Å². The molecule has 1 aromatic heterocycles. The standard InChI is InChI=1S/C15H19N3O3/c1-18(14(19)8-9-15(20)21)10-4-7-13-16-11-5-2-3-6-12(11)17-13/h2-3,5-6H,4,7-10H2,1H3,(H,16,17)(H,20,21). The number of nitrogens with zero attached hydrogens (tertiary/aromatic N) is 2. The van der Waals surface area contributed by atoms with Gasteiger partial charge in [0.05, 0.1) is 17.5 Å². The van der Waals surface area contributed by atoms with Crippen LogP contribution in [-0.2, 0) is 16.0 Å². The zero-order valence-electron chi connectivity index (χ0n) is 12.0. The van der Waals surface area contributed by atoms with Gasteiger partial charge in [-0.15, -0.1) is 0 Å². The normalized spacial score (nSPS) is 10.7. The minimum Gasteiger partial charge on any atom is -0.481 e. The molecule has 0 saturated heterocycles. The van der Waals surface area contributed by atoms with Gasteiger partial charge in [0.1, 0.15) is 5.82 Å². The van der Waals surface area contributed by atoms with Gasteiger partial charge in [0, 0.05) is 26.4 Å². The highest BCUT2D eigenvalue weighted by molar-refractivity contribution is 5.80. The summed E-state index contributed by atoms with van der Waals surface area (Å²) < 4.78 is 0. The van der Waals surface area contributed by atoms with E-state index in [0.717, 1.165) is 29.7 Å². The third-order valence-corrected chi connectivity index (χ3v) is 3.32. The minimum absolute atomic E-state index is 0.0521. The fraction of sp³-hybridized carbons (Fsp3) is 0.400. The number of aromatic amines is 1. The summed E-state index contributed by atoms with van der Waals surface area (Å²) in [6.45, 7) is 0.593. The van der Waals surface area contributed by atoms with Crippen LogP contribution in [0, 0.1) is 0 Å². The third kappa shape index (κ3) is 4.30. The van der Waals surface area contributed by atoms with Crippen molar-refractivity contribution < 1.29 is 14.7 Å². The van der Waals surface area contributed by atoms with Crippen LogP contribution in [0.25, 0.3) is 11.0 Å². The molecule has 112 valence electrons. The highest BCUT2D eigenvalue weighted by Crippen LogP contribution is 2.11. The summed E-state index contributed by atoms with van der Waals surface area (Å²) in [6, 6.07) is 7.84. The topological polar surface area (TPSA) is 86.3 Å². The molecule has 0 spiro atoms. The lowest BCUT2D eigenvalue weighted by Gasteiger charge is -2.16. The fourth-order valence-corrected chi connectivity index (χ4v) is 2.14. The van der Waals surface area contributed by atoms with Gasteiger partial charge in [0.15, 0.2) is 0 Å². The lowest BCUT2D eigenvalue weighted by Crippen LogP contribution is -2.28. The molecule has 0 saturated carbocycles. The van der Waals surface area contributed by atoms with Gasteiger partial charge in [-0.05, 0) is 18.6 Å². The second-order valence-electron chi connectivity index (χ2n) is 5.01. The van der Waals surface area contributed by atoms with Crippen LogP contribution in [0.3, 0.4) is 0 Å². The molecule has 0 atom stereocenters. The maximum atomic E-state index is 11.7. The number of rotatable bonds is 7. The summed E-state index contributed by atoms with van der Waals surface area (Å²) in [4.78, 5) is 31.4. The largest absolute Gasteiger partial charge is 0.481 e. The minimum atomic E-state index is -0.945. The Kier molecular flexibility index (Phi) is 4.92. The molecule has 0 aliphatic rings. The number of fused-ring (bicyclic) bond motifs is 1. The van der Waals surface area contributed by atoms with Crippen molar-refractivity contribution in [2.75, 3.05) is 13.6 Å². The molecular formula is C15H19N3O3. The highest BCUT2D eigenvalue weighted by atomic mass is 16.4. The number of imidazole rings is 1. The molecule has 2 rings (SSSR count). The molecule has 6 nitrogen and oxygen atoms in total. The molecule has 0 radical (unpaired) electrons. The summed E-state index contributed by atoms with van der Waals surface area (Å²) in [5, 5.41) is 8.55. The number of para-hydroxylation sites is 2. The molecule has 0 fully saturated rings. The molecule has 2 N–H and O–H groups in total. The van der Waals surface area contributed by atoms with E-state index in [1.807, 2.05) is 24.3 Å². The smallest absolute Gasteiger partial charge is 0.303 e. The average molecular weight is 289 g/mol. The van der Waals surface area contributed by atoms with Gasteiger partial charge in [-0.1, -0.05) is 12.1 Å². The van der Waals surface area contributed by atoms with E-state index in [1.165, 1.54) is 0 Å². The Hall–Kier alpha value is -2.37. The first-order valence-corrected chi connectivity index (χ1v) is 6.95. The molecule has 1 aromatic carbocycles. The van der Waals surface area contributed by atoms with Crippen LogP contribution in [0.2, 0.25) is 0 Å². The number of carbonyl (C=O) groups excluding carboxylic acids is 1. The molecule has 0 aliphatic heterocycles. The van der Waals surface area contributed by atoms with Gasteiger partial charge in [-0.3, -0.25) is 9.59 Å². The molecule has 0 unspecified atom stereocenters. The molecule has 1 amide bonds. The predicted molar refractivity (Wildman–Crippen MR) is 78.9 cm³/mol. The van der Waals surface area contributed by atoms with Crippen molar-refractivity contribution in [2.45, 2.75) is 25.7 Å². The molecule has 2 aromatic rings. The van der Waals surface area contributed by atoms with Crippen LogP contribution in [0.1, 0.15) is 25.1 Å². The van der Waals surface area contributed by atoms with Crippen LogP contribution in [0.15, 0.2) is 24.3 Å². The third-order valence-electron chi connectivity index (χ3n) is 3.32. The first kappa shape index (κ1) is 15.0. The van der Waals surface area contributed by atoms with Crippen molar-refractivity contribution in [1.29, 1.82) is 0 Å². The molecule has 6 heteroatoms. The Morgan fingerprint density at radius 1 is 1.29 bits per heavy atom. The number of nitrogens with one attached hydrogen (secondary N) is 1. The zero-order chi connectivity index (χ0) is 15.2. The van der Waals surface area contributed by atoms with Gasteiger partial charge in [0.2, 0.25) is 5.91 Å². The number of amides is 1. The Bertz CT molecular complexity index is 603. The van der Waals surface area contributed by atoms with Crippen molar-refractivity contribution >= 4 is 22.9 Å². The monoisotopic (exact) mass is 289 g/mol. The molecular weight excluding hydrogens is 270 g/mol. The Balaban J connectivity index is 1.78. The van der Waals surface area contributed by atoms with E-state index in [2.05, 4.69) is 9.97 Å². The quantitative estimate of drug-likeness (QED) is 0.814. The number of H-pyrrole nitrogens is 1. The Labute approximate surface area is 122 Å². The van der Waals surface area contributed by atoms with Gasteiger partial charge >= 0.3 is 5.97 Å². The van der Waals surface area contributed by atoms with Crippen molar-refractivity contribution in [3.63, 3.8) is 0 Å². The maximum Gasteiger partial charge on any atom is 0.303 e. The number of hydrogen-bond acceptors (Lipinski definition) is 3. The van der Waals surface area contributed by atoms with Gasteiger partial charge in [-0.25, -0.2) is 4.98 Å². The number of hydrogen-bond donors (Lipinski definition) is 2. The summed E-state index contributed by atoms with van der Waals surface area (Å²) in [6.07, 6.45) is 1.48. The van der Waals surface area contributed by atoms with E-state index in [1.54, 1.807) is 11.9 Å². The first-order valence-electron chi connectivity index (χ1n) is 6.95. The lowest BCUT2D eigenvalue weighted by atomic mass is 10.2. The summed E-state index contributed by atoms with van der Waals surface area (Å²) in [5.74, 6) is -0.177.